The maximum atomic E-state index is 11.9. The van der Waals surface area contributed by atoms with E-state index >= 15 is 0 Å². The molecular formula is C34H41NO5. The molecule has 3 unspecified atom stereocenters. The number of nitrogens with zero attached hydrogens (tertiary/aromatic N) is 1. The second kappa shape index (κ2) is 11.2. The number of aryl methyl sites for hydroxylation is 1. The number of fused-ring (bicyclic) bond motifs is 1. The molecule has 2 aliphatic rings. The van der Waals surface area contributed by atoms with Crippen molar-refractivity contribution < 1.29 is 24.1 Å². The predicted octanol–water partition coefficient (Wildman–Crippen LogP) is 7.77. The van der Waals surface area contributed by atoms with Crippen LogP contribution in [0, 0.1) is 17.3 Å². The molecule has 0 saturated heterocycles. The molecule has 5 rings (SSSR count). The molecule has 2 aromatic carbocycles. The van der Waals surface area contributed by atoms with E-state index in [0.717, 1.165) is 59.3 Å². The third-order valence-electron chi connectivity index (χ3n) is 8.49. The van der Waals surface area contributed by atoms with Gasteiger partial charge in [-0.1, -0.05) is 52.0 Å². The van der Waals surface area contributed by atoms with Gasteiger partial charge in [0.2, 0.25) is 5.88 Å². The Hall–Kier alpha value is -3.38. The van der Waals surface area contributed by atoms with Crippen LogP contribution >= 0.6 is 0 Å². The minimum absolute atomic E-state index is 0.0178. The molecule has 212 valence electrons. The second-order valence-electron chi connectivity index (χ2n) is 12.4. The summed E-state index contributed by atoms with van der Waals surface area (Å²) in [5.41, 5.74) is 6.45. The maximum Gasteiger partial charge on any atom is 0.306 e. The highest BCUT2D eigenvalue weighted by molar-refractivity contribution is 5.71. The fourth-order valence-electron chi connectivity index (χ4n) is 6.30. The average molecular weight is 544 g/mol. The lowest BCUT2D eigenvalue weighted by molar-refractivity contribution is -0.142. The number of rotatable bonds is 9. The lowest BCUT2D eigenvalue weighted by atomic mass is 9.80. The topological polar surface area (TPSA) is 77.9 Å². The molecule has 1 saturated carbocycles. The summed E-state index contributed by atoms with van der Waals surface area (Å²) in [6.07, 6.45) is 5.50. The van der Waals surface area contributed by atoms with E-state index in [1.54, 1.807) is 20.4 Å². The van der Waals surface area contributed by atoms with E-state index < -0.39 is 11.9 Å². The monoisotopic (exact) mass is 543 g/mol. The van der Waals surface area contributed by atoms with Crippen LogP contribution in [0.1, 0.15) is 87.3 Å². The Morgan fingerprint density at radius 1 is 1.05 bits per heavy atom. The number of carboxylic acid groups (broad SMARTS) is 1. The minimum atomic E-state index is -0.737. The van der Waals surface area contributed by atoms with E-state index in [1.165, 1.54) is 5.56 Å². The minimum Gasteiger partial charge on any atom is -0.485 e. The lowest BCUT2D eigenvalue weighted by Gasteiger charge is -2.33. The average Bonchev–Trinajstić information content (AvgIpc) is 3.77. The zero-order valence-electron chi connectivity index (χ0n) is 24.4. The van der Waals surface area contributed by atoms with Crippen molar-refractivity contribution in [2.45, 2.75) is 71.5 Å². The molecule has 0 bridgehead atoms. The first kappa shape index (κ1) is 28.2. The van der Waals surface area contributed by atoms with Crippen LogP contribution in [0.4, 0.5) is 0 Å². The largest absolute Gasteiger partial charge is 0.485 e. The number of ether oxygens (including phenoxy) is 3. The number of benzene rings is 2. The SMILES string of the molecule is COc1cc(-c2ccc(C3CCc4ccc(C(C5CC5)[C@H](C)C(=O)O)cc4O3)cc2C(OC)C(C)(C)C)ccn1. The molecule has 1 N–H and O–H groups in total. The molecular weight excluding hydrogens is 502 g/mol. The van der Waals surface area contributed by atoms with Gasteiger partial charge in [0, 0.05) is 19.4 Å². The van der Waals surface area contributed by atoms with E-state index in [0.29, 0.717) is 11.8 Å². The fraction of sp³-hybridized carbons (Fsp3) is 0.471. The summed E-state index contributed by atoms with van der Waals surface area (Å²) in [6, 6.07) is 16.9. The molecule has 6 heteroatoms. The Morgan fingerprint density at radius 2 is 1.82 bits per heavy atom. The molecule has 2 heterocycles. The third-order valence-corrected chi connectivity index (χ3v) is 8.49. The summed E-state index contributed by atoms with van der Waals surface area (Å²) in [4.78, 5) is 16.2. The lowest BCUT2D eigenvalue weighted by Crippen LogP contribution is -2.22. The first-order chi connectivity index (χ1) is 19.1. The van der Waals surface area contributed by atoms with Crippen LogP contribution in [0.3, 0.4) is 0 Å². The van der Waals surface area contributed by atoms with Crippen LogP contribution in [0.2, 0.25) is 0 Å². The van der Waals surface area contributed by atoms with E-state index in [2.05, 4.69) is 62.2 Å². The van der Waals surface area contributed by atoms with Crippen LogP contribution in [-0.2, 0) is 16.0 Å². The molecule has 0 spiro atoms. The van der Waals surface area contributed by atoms with Crippen LogP contribution in [-0.4, -0.2) is 30.3 Å². The van der Waals surface area contributed by atoms with Gasteiger partial charge in [0.15, 0.2) is 0 Å². The molecule has 3 aromatic rings. The van der Waals surface area contributed by atoms with Gasteiger partial charge in [-0.25, -0.2) is 4.98 Å². The van der Waals surface area contributed by atoms with Gasteiger partial charge in [-0.15, -0.1) is 0 Å². The van der Waals surface area contributed by atoms with Crippen molar-refractivity contribution in [1.29, 1.82) is 0 Å². The Kier molecular flexibility index (Phi) is 7.92. The van der Waals surface area contributed by atoms with Gasteiger partial charge in [0.1, 0.15) is 11.9 Å². The highest BCUT2D eigenvalue weighted by atomic mass is 16.5. The highest BCUT2D eigenvalue weighted by Crippen LogP contribution is 2.49. The summed E-state index contributed by atoms with van der Waals surface area (Å²) in [5, 5.41) is 9.75. The number of hydrogen-bond acceptors (Lipinski definition) is 5. The quantitative estimate of drug-likeness (QED) is 0.297. The zero-order valence-corrected chi connectivity index (χ0v) is 24.4. The Bertz CT molecular complexity index is 1370. The number of pyridine rings is 1. The molecule has 1 fully saturated rings. The molecule has 4 atom stereocenters. The number of carbonyl (C=O) groups is 1. The normalized spacial score (nSPS) is 19.2. The predicted molar refractivity (Wildman–Crippen MR) is 156 cm³/mol. The molecule has 6 nitrogen and oxygen atoms in total. The molecule has 0 radical (unpaired) electrons. The standard InChI is InChI=1S/C34H41NO5/c1-20(33(36)37)31(22-8-9-22)25-10-7-21-12-14-28(40-29(21)18-25)24-11-13-26(23-15-16-35-30(19-23)38-5)27(17-24)32(39-6)34(2,3)4/h7,10-11,13,15-20,22,28,31-32H,8-9,12,14H2,1-6H3,(H,36,37)/t20-,28?,31?,32?/m0/s1. The summed E-state index contributed by atoms with van der Waals surface area (Å²) in [6.45, 7) is 8.40. The van der Waals surface area contributed by atoms with Gasteiger partial charge in [0.25, 0.3) is 0 Å². The van der Waals surface area contributed by atoms with Crippen LogP contribution in [0.15, 0.2) is 54.7 Å². The van der Waals surface area contributed by atoms with Crippen LogP contribution in [0.5, 0.6) is 11.6 Å². The Balaban J connectivity index is 1.50. The van der Waals surface area contributed by atoms with Crippen molar-refractivity contribution in [2.75, 3.05) is 14.2 Å². The Morgan fingerprint density at radius 3 is 2.48 bits per heavy atom. The van der Waals surface area contributed by atoms with Crippen molar-refractivity contribution in [3.05, 3.63) is 77.0 Å². The van der Waals surface area contributed by atoms with E-state index in [-0.39, 0.29) is 23.5 Å². The summed E-state index contributed by atoms with van der Waals surface area (Å²) >= 11 is 0. The van der Waals surface area contributed by atoms with Gasteiger partial charge in [-0.05, 0) is 94.5 Å². The fourth-order valence-corrected chi connectivity index (χ4v) is 6.30. The molecule has 1 aliphatic carbocycles. The van der Waals surface area contributed by atoms with Gasteiger partial charge < -0.3 is 19.3 Å². The van der Waals surface area contributed by atoms with E-state index in [4.69, 9.17) is 14.2 Å². The summed E-state index contributed by atoms with van der Waals surface area (Å²) in [5.74, 6) is 0.746. The first-order valence-electron chi connectivity index (χ1n) is 14.3. The van der Waals surface area contributed by atoms with E-state index in [1.807, 2.05) is 19.1 Å². The zero-order chi connectivity index (χ0) is 28.6. The maximum absolute atomic E-state index is 11.9. The van der Waals surface area contributed by atoms with Crippen molar-refractivity contribution in [3.8, 4) is 22.8 Å². The molecule has 40 heavy (non-hydrogen) atoms. The number of aliphatic carboxylic acids is 1. The first-order valence-corrected chi connectivity index (χ1v) is 14.3. The van der Waals surface area contributed by atoms with Gasteiger partial charge in [-0.3, -0.25) is 4.79 Å². The van der Waals surface area contributed by atoms with Crippen LogP contribution < -0.4 is 9.47 Å². The Labute approximate surface area is 237 Å². The summed E-state index contributed by atoms with van der Waals surface area (Å²) < 4.78 is 18.2. The number of carboxylic acids is 1. The van der Waals surface area contributed by atoms with Crippen LogP contribution in [0.25, 0.3) is 11.1 Å². The molecule has 1 aliphatic heterocycles. The molecule has 0 amide bonds. The van der Waals surface area contributed by atoms with Crippen molar-refractivity contribution in [3.63, 3.8) is 0 Å². The second-order valence-corrected chi connectivity index (χ2v) is 12.4. The smallest absolute Gasteiger partial charge is 0.306 e. The number of hydrogen-bond donors (Lipinski definition) is 1. The van der Waals surface area contributed by atoms with Crippen molar-refractivity contribution in [1.82, 2.24) is 4.98 Å². The summed E-state index contributed by atoms with van der Waals surface area (Å²) in [7, 11) is 3.39. The third kappa shape index (κ3) is 5.73. The number of methoxy groups -OCH3 is 2. The number of aromatic nitrogens is 1. The van der Waals surface area contributed by atoms with Crippen molar-refractivity contribution in [2.24, 2.45) is 17.3 Å². The molecule has 1 aromatic heterocycles. The van der Waals surface area contributed by atoms with Gasteiger partial charge >= 0.3 is 5.97 Å². The van der Waals surface area contributed by atoms with Gasteiger partial charge in [-0.2, -0.15) is 0 Å². The van der Waals surface area contributed by atoms with Crippen molar-refractivity contribution >= 4 is 5.97 Å². The highest BCUT2D eigenvalue weighted by Gasteiger charge is 2.39. The van der Waals surface area contributed by atoms with Gasteiger partial charge in [0.05, 0.1) is 19.1 Å². The van der Waals surface area contributed by atoms with E-state index in [9.17, 15) is 9.90 Å².